The molecule has 0 aromatic heterocycles. The molecule has 0 atom stereocenters. The molecule has 0 aliphatic rings. The highest BCUT2D eigenvalue weighted by molar-refractivity contribution is 14.1. The lowest BCUT2D eigenvalue weighted by Crippen LogP contribution is -2.21. The molecule has 0 heterocycles. The van der Waals surface area contributed by atoms with E-state index in [4.69, 9.17) is 21.3 Å². The summed E-state index contributed by atoms with van der Waals surface area (Å²) in [5.41, 5.74) is 0. The Morgan fingerprint density at radius 1 is 1.40 bits per heavy atom. The molecule has 0 unspecified atom stereocenters. The summed E-state index contributed by atoms with van der Waals surface area (Å²) in [7, 11) is 0.694. The Morgan fingerprint density at radius 2 is 1.80 bits per heavy atom. The summed E-state index contributed by atoms with van der Waals surface area (Å²) < 4.78 is 9.93. The summed E-state index contributed by atoms with van der Waals surface area (Å²) in [5.74, 6) is 0. The second kappa shape index (κ2) is 5.77. The molecule has 0 aliphatic carbocycles. The minimum atomic E-state index is -0.601. The van der Waals surface area contributed by atoms with Crippen LogP contribution in [0.1, 0.15) is 13.8 Å². The van der Waals surface area contributed by atoms with Crippen LogP contribution in [0.4, 0.5) is 0 Å². The first-order valence-corrected chi connectivity index (χ1v) is 5.98. The van der Waals surface area contributed by atoms with Crippen LogP contribution in [0.5, 0.6) is 0 Å². The maximum atomic E-state index is 5.27. The molecule has 0 saturated carbocycles. The van der Waals surface area contributed by atoms with E-state index in [1.807, 2.05) is 13.8 Å². The molecule has 0 amide bonds. The van der Waals surface area contributed by atoms with Crippen molar-refractivity contribution in [2.75, 3.05) is 13.2 Å². The summed E-state index contributed by atoms with van der Waals surface area (Å²) in [5, 5.41) is 0. The lowest BCUT2D eigenvalue weighted by Gasteiger charge is -2.20. The summed E-state index contributed by atoms with van der Waals surface area (Å²) in [6, 6.07) is 0. The van der Waals surface area contributed by atoms with Crippen LogP contribution in [0.3, 0.4) is 0 Å². The number of hydrogen-bond donors (Lipinski definition) is 0. The quantitative estimate of drug-likeness (QED) is 0.336. The number of hydrogen-bond acceptors (Lipinski definition) is 3. The van der Waals surface area contributed by atoms with E-state index in [9.17, 15) is 0 Å². The van der Waals surface area contributed by atoms with Crippen molar-refractivity contribution in [1.82, 2.24) is 0 Å². The van der Waals surface area contributed by atoms with Crippen LogP contribution < -0.4 is 0 Å². The average molecular weight is 292 g/mol. The van der Waals surface area contributed by atoms with Crippen LogP contribution >= 0.6 is 29.9 Å². The highest BCUT2D eigenvalue weighted by Crippen LogP contribution is 2.33. The fourth-order valence-corrected chi connectivity index (χ4v) is 1.75. The zero-order valence-electron chi connectivity index (χ0n) is 5.96. The molecule has 0 aliphatic heterocycles. The highest BCUT2D eigenvalue weighted by atomic mass is 127. The molecular weight excluding hydrogens is 282 g/mol. The van der Waals surface area contributed by atoms with Crippen molar-refractivity contribution in [3.8, 4) is 0 Å². The zero-order valence-corrected chi connectivity index (χ0v) is 9.83. The molecule has 0 radical (unpaired) electrons. The van der Waals surface area contributed by atoms with Crippen LogP contribution in [0.15, 0.2) is 0 Å². The van der Waals surface area contributed by atoms with Crippen molar-refractivity contribution in [3.05, 3.63) is 0 Å². The van der Waals surface area contributed by atoms with Gasteiger partial charge in [0.15, 0.2) is 0 Å². The van der Waals surface area contributed by atoms with Gasteiger partial charge in [0.25, 0.3) is 3.53 Å². The third kappa shape index (κ3) is 4.13. The fourth-order valence-electron chi connectivity index (χ4n) is 0.450. The van der Waals surface area contributed by atoms with Crippen molar-refractivity contribution in [3.63, 3.8) is 0 Å². The van der Waals surface area contributed by atoms with E-state index in [-0.39, 0.29) is 0 Å². The van der Waals surface area contributed by atoms with E-state index in [0.29, 0.717) is 20.6 Å². The SMILES string of the molecule is CCOC(I)(OCC)P=S. The third-order valence-corrected chi connectivity index (χ3v) is 4.28. The Labute approximate surface area is 81.6 Å². The van der Waals surface area contributed by atoms with Crippen LogP contribution in [0.25, 0.3) is 0 Å². The molecule has 0 rings (SSSR count). The molecule has 0 spiro atoms. The molecule has 10 heavy (non-hydrogen) atoms. The average Bonchev–Trinajstić information content (AvgIpc) is 1.89. The Balaban J connectivity index is 3.81. The number of alkyl halides is 1. The number of rotatable bonds is 5. The molecular formula is C5H10IO2PS. The van der Waals surface area contributed by atoms with Gasteiger partial charge in [-0.05, 0) is 36.4 Å². The van der Waals surface area contributed by atoms with Crippen molar-refractivity contribution >= 4 is 41.8 Å². The number of ether oxygens (including phenoxy) is 2. The van der Waals surface area contributed by atoms with Gasteiger partial charge in [-0.1, -0.05) is 11.8 Å². The predicted octanol–water partition coefficient (Wildman–Crippen LogP) is 2.51. The van der Waals surface area contributed by atoms with Crippen molar-refractivity contribution in [1.29, 1.82) is 0 Å². The zero-order chi connectivity index (χ0) is 8.04. The monoisotopic (exact) mass is 292 g/mol. The van der Waals surface area contributed by atoms with E-state index in [1.54, 1.807) is 0 Å². The summed E-state index contributed by atoms with van der Waals surface area (Å²) in [6.07, 6.45) is 0. The molecule has 0 aromatic rings. The largest absolute Gasteiger partial charge is 0.335 e. The van der Waals surface area contributed by atoms with Crippen molar-refractivity contribution < 1.29 is 9.47 Å². The van der Waals surface area contributed by atoms with Crippen LogP contribution in [0, 0.1) is 0 Å². The molecule has 0 N–H and O–H groups in total. The van der Waals surface area contributed by atoms with Gasteiger partial charge in [-0.3, -0.25) is 0 Å². The van der Waals surface area contributed by atoms with Crippen LogP contribution in [-0.4, -0.2) is 16.7 Å². The second-order valence-corrected chi connectivity index (χ2v) is 5.05. The van der Waals surface area contributed by atoms with E-state index >= 15 is 0 Å². The van der Waals surface area contributed by atoms with Gasteiger partial charge in [0.2, 0.25) is 0 Å². The Morgan fingerprint density at radius 3 is 2.00 bits per heavy atom. The Hall–Kier alpha value is 1.17. The van der Waals surface area contributed by atoms with Gasteiger partial charge in [0.05, 0.1) is 7.36 Å². The van der Waals surface area contributed by atoms with E-state index < -0.39 is 3.53 Å². The Kier molecular flexibility index (Phi) is 6.45. The maximum Gasteiger partial charge on any atom is 0.275 e. The second-order valence-electron chi connectivity index (χ2n) is 1.46. The first-order chi connectivity index (χ1) is 4.68. The van der Waals surface area contributed by atoms with Crippen LogP contribution in [-0.2, 0) is 21.3 Å². The topological polar surface area (TPSA) is 18.5 Å². The minimum absolute atomic E-state index is 0.601. The number of halogens is 1. The van der Waals surface area contributed by atoms with Gasteiger partial charge in [-0.15, -0.1) is 0 Å². The molecule has 0 saturated heterocycles. The van der Waals surface area contributed by atoms with Gasteiger partial charge < -0.3 is 9.47 Å². The lowest BCUT2D eigenvalue weighted by molar-refractivity contribution is -0.0886. The summed E-state index contributed by atoms with van der Waals surface area (Å²) >= 11 is 6.91. The van der Waals surface area contributed by atoms with Crippen molar-refractivity contribution in [2.24, 2.45) is 0 Å². The third-order valence-electron chi connectivity index (χ3n) is 0.754. The van der Waals surface area contributed by atoms with Gasteiger partial charge in [0.1, 0.15) is 0 Å². The molecule has 0 aromatic carbocycles. The lowest BCUT2D eigenvalue weighted by atomic mass is 10.9. The standard InChI is InChI=1S/C5H10IO2PS/c1-3-7-5(6,9-10)8-4-2/h3-4H2,1-2H3. The molecule has 2 nitrogen and oxygen atoms in total. The van der Waals surface area contributed by atoms with Gasteiger partial charge in [-0.25, -0.2) is 0 Å². The summed E-state index contributed by atoms with van der Waals surface area (Å²) in [4.78, 5) is 0. The highest BCUT2D eigenvalue weighted by Gasteiger charge is 2.24. The molecule has 60 valence electrons. The first kappa shape index (κ1) is 11.2. The van der Waals surface area contributed by atoms with E-state index in [0.717, 1.165) is 0 Å². The van der Waals surface area contributed by atoms with Crippen LogP contribution in [0.2, 0.25) is 0 Å². The molecule has 5 heteroatoms. The first-order valence-electron chi connectivity index (χ1n) is 2.99. The van der Waals surface area contributed by atoms with Crippen molar-refractivity contribution in [2.45, 2.75) is 17.4 Å². The van der Waals surface area contributed by atoms with Gasteiger partial charge in [0, 0.05) is 13.2 Å². The normalized spacial score (nSPS) is 12.3. The minimum Gasteiger partial charge on any atom is -0.335 e. The maximum absolute atomic E-state index is 5.27. The molecule has 0 fully saturated rings. The van der Waals surface area contributed by atoms with E-state index in [1.165, 1.54) is 0 Å². The van der Waals surface area contributed by atoms with Gasteiger partial charge >= 0.3 is 0 Å². The summed E-state index contributed by atoms with van der Waals surface area (Å²) in [6.45, 7) is 5.11. The predicted molar refractivity (Wildman–Crippen MR) is 54.3 cm³/mol. The van der Waals surface area contributed by atoms with E-state index in [2.05, 4.69) is 22.6 Å². The fraction of sp³-hybridized carbons (Fsp3) is 1.00. The molecule has 0 bridgehead atoms. The Bertz CT molecular complexity index is 106. The van der Waals surface area contributed by atoms with Gasteiger partial charge in [-0.2, -0.15) is 0 Å². The smallest absolute Gasteiger partial charge is 0.275 e.